The van der Waals surface area contributed by atoms with Crippen molar-refractivity contribution in [2.75, 3.05) is 0 Å². The summed E-state index contributed by atoms with van der Waals surface area (Å²) in [6.07, 6.45) is -0.948. The number of hydrogen-bond donors (Lipinski definition) is 0. The monoisotopic (exact) mass is 180 g/mol. The predicted molar refractivity (Wildman–Crippen MR) is 43.5 cm³/mol. The molecule has 0 spiro atoms. The minimum absolute atomic E-state index is 0.237. The average Bonchev–Trinajstić information content (AvgIpc) is 2.19. The van der Waals surface area contributed by atoms with Crippen molar-refractivity contribution in [3.8, 4) is 0 Å². The average molecular weight is 180 g/mol. The largest absolute Gasteiger partial charge is 0.423 e. The second-order valence-corrected chi connectivity index (χ2v) is 2.21. The molecule has 0 aliphatic carbocycles. The lowest BCUT2D eigenvalue weighted by molar-refractivity contribution is -0.170. The Morgan fingerprint density at radius 2 is 1.54 bits per heavy atom. The van der Waals surface area contributed by atoms with Crippen molar-refractivity contribution >= 4 is 12.9 Å². The van der Waals surface area contributed by atoms with Crippen molar-refractivity contribution in [3.05, 3.63) is 35.9 Å². The number of carbonyl (C=O) groups is 2. The highest BCUT2D eigenvalue weighted by molar-refractivity contribution is 5.41. The van der Waals surface area contributed by atoms with Gasteiger partial charge in [0.15, 0.2) is 0 Å². The normalized spacial score (nSPS) is 9.31. The van der Waals surface area contributed by atoms with Crippen LogP contribution in [0.1, 0.15) is 11.9 Å². The van der Waals surface area contributed by atoms with Gasteiger partial charge >= 0.3 is 0 Å². The molecule has 0 saturated carbocycles. The van der Waals surface area contributed by atoms with Gasteiger partial charge in [-0.15, -0.1) is 0 Å². The minimum Gasteiger partial charge on any atom is -0.423 e. The quantitative estimate of drug-likeness (QED) is 0.501. The Balaban J connectivity index is 2.75. The Hall–Kier alpha value is -1.84. The van der Waals surface area contributed by atoms with Gasteiger partial charge in [-0.25, -0.2) is 0 Å². The minimum atomic E-state index is -0.948. The first-order chi connectivity index (χ1) is 6.38. The summed E-state index contributed by atoms with van der Waals surface area (Å²) in [5.41, 5.74) is 0.613. The fourth-order valence-corrected chi connectivity index (χ4v) is 0.900. The molecular weight excluding hydrogens is 172 g/mol. The van der Waals surface area contributed by atoms with Crippen LogP contribution in [0.15, 0.2) is 30.3 Å². The lowest BCUT2D eigenvalue weighted by atomic mass is 10.2. The van der Waals surface area contributed by atoms with Crippen LogP contribution in [0.25, 0.3) is 0 Å². The molecule has 13 heavy (non-hydrogen) atoms. The number of rotatable bonds is 5. The molecule has 1 rings (SSSR count). The predicted octanol–water partition coefficient (Wildman–Crippen LogP) is 1.03. The van der Waals surface area contributed by atoms with Crippen molar-refractivity contribution in [1.82, 2.24) is 0 Å². The van der Waals surface area contributed by atoms with Crippen LogP contribution in [-0.2, 0) is 19.1 Å². The summed E-state index contributed by atoms with van der Waals surface area (Å²) in [7, 11) is 0. The topological polar surface area (TPSA) is 52.6 Å². The first kappa shape index (κ1) is 9.25. The fraction of sp³-hybridized carbons (Fsp3) is 0.111. The standard InChI is InChI=1S/C9H8O4/c10-6-12-9(13-7-11)8-4-2-1-3-5-8/h1-7,9H. The van der Waals surface area contributed by atoms with Crippen LogP contribution < -0.4 is 0 Å². The van der Waals surface area contributed by atoms with Gasteiger partial charge in [-0.3, -0.25) is 9.59 Å². The fourth-order valence-electron chi connectivity index (χ4n) is 0.900. The highest BCUT2D eigenvalue weighted by Crippen LogP contribution is 2.15. The molecule has 0 heterocycles. The molecular formula is C9H8O4. The summed E-state index contributed by atoms with van der Waals surface area (Å²) >= 11 is 0. The van der Waals surface area contributed by atoms with Gasteiger partial charge in [-0.1, -0.05) is 30.3 Å². The van der Waals surface area contributed by atoms with E-state index >= 15 is 0 Å². The van der Waals surface area contributed by atoms with Gasteiger partial charge in [-0.2, -0.15) is 0 Å². The summed E-state index contributed by atoms with van der Waals surface area (Å²) in [5.74, 6) is 0. The SMILES string of the molecule is O=COC(OC=O)c1ccccc1. The first-order valence-corrected chi connectivity index (χ1v) is 3.61. The smallest absolute Gasteiger partial charge is 0.296 e. The summed E-state index contributed by atoms with van der Waals surface area (Å²) in [6, 6.07) is 8.70. The van der Waals surface area contributed by atoms with Crippen LogP contribution >= 0.6 is 0 Å². The third-order valence-electron chi connectivity index (χ3n) is 1.43. The number of ether oxygens (including phenoxy) is 2. The van der Waals surface area contributed by atoms with E-state index in [1.165, 1.54) is 0 Å². The van der Waals surface area contributed by atoms with E-state index in [0.29, 0.717) is 5.56 Å². The second kappa shape index (κ2) is 4.92. The van der Waals surface area contributed by atoms with E-state index in [-0.39, 0.29) is 12.9 Å². The highest BCUT2D eigenvalue weighted by Gasteiger charge is 2.11. The van der Waals surface area contributed by atoms with E-state index in [2.05, 4.69) is 9.47 Å². The number of benzene rings is 1. The van der Waals surface area contributed by atoms with E-state index < -0.39 is 6.29 Å². The van der Waals surface area contributed by atoms with Crippen LogP contribution in [0.3, 0.4) is 0 Å². The Morgan fingerprint density at radius 3 is 2.00 bits per heavy atom. The maximum atomic E-state index is 10.0. The van der Waals surface area contributed by atoms with E-state index in [9.17, 15) is 9.59 Å². The van der Waals surface area contributed by atoms with Crippen LogP contribution in [0.4, 0.5) is 0 Å². The van der Waals surface area contributed by atoms with E-state index in [4.69, 9.17) is 0 Å². The summed E-state index contributed by atoms with van der Waals surface area (Å²) in [6.45, 7) is 0.475. The molecule has 0 amide bonds. The van der Waals surface area contributed by atoms with Crippen molar-refractivity contribution < 1.29 is 19.1 Å². The summed E-state index contributed by atoms with van der Waals surface area (Å²) in [5, 5.41) is 0. The molecule has 0 aliphatic rings. The first-order valence-electron chi connectivity index (χ1n) is 3.61. The lowest BCUT2D eigenvalue weighted by Gasteiger charge is -2.12. The third kappa shape index (κ3) is 2.59. The lowest BCUT2D eigenvalue weighted by Crippen LogP contribution is -2.06. The van der Waals surface area contributed by atoms with Gasteiger partial charge < -0.3 is 9.47 Å². The number of hydrogen-bond acceptors (Lipinski definition) is 4. The second-order valence-electron chi connectivity index (χ2n) is 2.21. The molecule has 0 bridgehead atoms. The molecule has 1 aromatic carbocycles. The molecule has 0 N–H and O–H groups in total. The maximum absolute atomic E-state index is 10.0. The maximum Gasteiger partial charge on any atom is 0.296 e. The molecule has 68 valence electrons. The Labute approximate surface area is 75.1 Å². The molecule has 0 unspecified atom stereocenters. The van der Waals surface area contributed by atoms with E-state index in [0.717, 1.165) is 0 Å². The van der Waals surface area contributed by atoms with Crippen molar-refractivity contribution in [3.63, 3.8) is 0 Å². The highest BCUT2D eigenvalue weighted by atomic mass is 16.7. The number of carbonyl (C=O) groups excluding carboxylic acids is 2. The molecule has 0 aromatic heterocycles. The molecule has 1 aromatic rings. The molecule has 4 nitrogen and oxygen atoms in total. The Morgan fingerprint density at radius 1 is 1.00 bits per heavy atom. The summed E-state index contributed by atoms with van der Waals surface area (Å²) in [4.78, 5) is 20.1. The van der Waals surface area contributed by atoms with Gasteiger partial charge in [0.2, 0.25) is 0 Å². The van der Waals surface area contributed by atoms with Gasteiger partial charge in [0.05, 0.1) is 0 Å². The zero-order valence-corrected chi connectivity index (χ0v) is 6.75. The Bertz CT molecular complexity index is 260. The van der Waals surface area contributed by atoms with E-state index in [1.807, 2.05) is 6.07 Å². The molecule has 0 saturated heterocycles. The van der Waals surface area contributed by atoms with Crippen LogP contribution in [0.2, 0.25) is 0 Å². The van der Waals surface area contributed by atoms with Crippen LogP contribution in [0, 0.1) is 0 Å². The molecule has 0 fully saturated rings. The molecule has 0 atom stereocenters. The third-order valence-corrected chi connectivity index (χ3v) is 1.43. The van der Waals surface area contributed by atoms with Gasteiger partial charge in [0.25, 0.3) is 19.2 Å². The zero-order chi connectivity index (χ0) is 9.52. The molecule has 0 aliphatic heterocycles. The van der Waals surface area contributed by atoms with E-state index in [1.54, 1.807) is 24.3 Å². The summed E-state index contributed by atoms with van der Waals surface area (Å²) < 4.78 is 9.07. The van der Waals surface area contributed by atoms with Crippen molar-refractivity contribution in [2.24, 2.45) is 0 Å². The molecule has 0 radical (unpaired) electrons. The zero-order valence-electron chi connectivity index (χ0n) is 6.75. The van der Waals surface area contributed by atoms with Gasteiger partial charge in [0, 0.05) is 5.56 Å². The van der Waals surface area contributed by atoms with Gasteiger partial charge in [0.1, 0.15) is 0 Å². The van der Waals surface area contributed by atoms with Crippen molar-refractivity contribution in [2.45, 2.75) is 6.29 Å². The van der Waals surface area contributed by atoms with Crippen molar-refractivity contribution in [1.29, 1.82) is 0 Å². The molecule has 4 heteroatoms. The van der Waals surface area contributed by atoms with Crippen LogP contribution in [-0.4, -0.2) is 12.9 Å². The Kier molecular flexibility index (Phi) is 3.50. The van der Waals surface area contributed by atoms with Crippen LogP contribution in [0.5, 0.6) is 0 Å². The van der Waals surface area contributed by atoms with Gasteiger partial charge in [-0.05, 0) is 0 Å².